The number of rotatable bonds is 4. The number of hydrogen-bond acceptors (Lipinski definition) is 3. The summed E-state index contributed by atoms with van der Waals surface area (Å²) in [5.41, 5.74) is -0.327. The van der Waals surface area contributed by atoms with Gasteiger partial charge in [-0.25, -0.2) is 4.98 Å². The Morgan fingerprint density at radius 2 is 2.18 bits per heavy atom. The van der Waals surface area contributed by atoms with Crippen LogP contribution in [0.1, 0.15) is 52.3 Å². The van der Waals surface area contributed by atoms with Crippen LogP contribution >= 0.6 is 0 Å². The van der Waals surface area contributed by atoms with E-state index < -0.39 is 5.60 Å². The molecule has 1 aromatic heterocycles. The van der Waals surface area contributed by atoms with Crippen LogP contribution in [-0.2, 0) is 13.0 Å². The molecule has 0 amide bonds. The molecule has 0 bridgehead atoms. The molecule has 1 fully saturated rings. The zero-order chi connectivity index (χ0) is 12.5. The van der Waals surface area contributed by atoms with Crippen LogP contribution in [0.4, 0.5) is 0 Å². The molecular weight excluding hydrogens is 214 g/mol. The minimum atomic E-state index is -0.581. The van der Waals surface area contributed by atoms with Crippen LogP contribution in [0.2, 0.25) is 0 Å². The minimum absolute atomic E-state index is 0.254. The van der Waals surface area contributed by atoms with E-state index in [2.05, 4.69) is 30.9 Å². The summed E-state index contributed by atoms with van der Waals surface area (Å²) in [6.45, 7) is 7.46. The third-order valence-electron chi connectivity index (χ3n) is 3.69. The second kappa shape index (κ2) is 4.41. The maximum atomic E-state index is 10.6. The largest absolute Gasteiger partial charge is 0.389 e. The molecule has 1 aliphatic carbocycles. The number of hydrogen-bond donors (Lipinski definition) is 1. The lowest BCUT2D eigenvalue weighted by molar-refractivity contribution is 0.0349. The van der Waals surface area contributed by atoms with Gasteiger partial charge in [0.25, 0.3) is 0 Å². The predicted octanol–water partition coefficient (Wildman–Crippen LogP) is 2.17. The van der Waals surface area contributed by atoms with E-state index in [1.54, 1.807) is 6.33 Å². The fourth-order valence-corrected chi connectivity index (χ4v) is 2.91. The molecule has 0 saturated heterocycles. The van der Waals surface area contributed by atoms with Gasteiger partial charge < -0.3 is 5.11 Å². The van der Waals surface area contributed by atoms with Crippen molar-refractivity contribution in [1.82, 2.24) is 14.8 Å². The van der Waals surface area contributed by atoms with E-state index >= 15 is 0 Å². The van der Waals surface area contributed by atoms with Crippen molar-refractivity contribution < 1.29 is 5.11 Å². The van der Waals surface area contributed by atoms with E-state index in [0.29, 0.717) is 6.42 Å². The van der Waals surface area contributed by atoms with Crippen LogP contribution in [0.25, 0.3) is 0 Å². The number of aryl methyl sites for hydroxylation is 1. The molecule has 1 saturated carbocycles. The molecule has 1 heterocycles. The Kier molecular flexibility index (Phi) is 3.25. The Hall–Kier alpha value is -0.900. The Bertz CT molecular complexity index is 386. The van der Waals surface area contributed by atoms with Crippen molar-refractivity contribution in [3.05, 3.63) is 12.2 Å². The first-order valence-corrected chi connectivity index (χ1v) is 6.53. The average molecular weight is 237 g/mol. The highest BCUT2D eigenvalue weighted by molar-refractivity contribution is 5.01. The second-order valence-corrected chi connectivity index (χ2v) is 6.14. The number of nitrogens with zero attached hydrogens (tertiary/aromatic N) is 3. The van der Waals surface area contributed by atoms with Crippen molar-refractivity contribution in [3.8, 4) is 0 Å². The lowest BCUT2D eigenvalue weighted by Crippen LogP contribution is -2.30. The Morgan fingerprint density at radius 1 is 1.41 bits per heavy atom. The van der Waals surface area contributed by atoms with Crippen molar-refractivity contribution in [2.24, 2.45) is 5.41 Å². The molecule has 1 aliphatic rings. The van der Waals surface area contributed by atoms with Crippen LogP contribution in [-0.4, -0.2) is 25.5 Å². The summed E-state index contributed by atoms with van der Waals surface area (Å²) < 4.78 is 1.92. The summed E-state index contributed by atoms with van der Waals surface area (Å²) in [6, 6.07) is 0. The zero-order valence-corrected chi connectivity index (χ0v) is 11.1. The third-order valence-corrected chi connectivity index (χ3v) is 3.69. The van der Waals surface area contributed by atoms with Crippen molar-refractivity contribution in [1.29, 1.82) is 0 Å². The maximum absolute atomic E-state index is 10.6. The second-order valence-electron chi connectivity index (χ2n) is 6.14. The monoisotopic (exact) mass is 237 g/mol. The molecular formula is C13H23N3O. The van der Waals surface area contributed by atoms with Gasteiger partial charge in [0.2, 0.25) is 0 Å². The van der Waals surface area contributed by atoms with Gasteiger partial charge in [-0.05, 0) is 31.1 Å². The molecule has 96 valence electrons. The highest BCUT2D eigenvalue weighted by Crippen LogP contribution is 2.44. The Morgan fingerprint density at radius 3 is 2.76 bits per heavy atom. The van der Waals surface area contributed by atoms with E-state index in [0.717, 1.165) is 38.1 Å². The van der Waals surface area contributed by atoms with Crippen molar-refractivity contribution in [3.63, 3.8) is 0 Å². The van der Waals surface area contributed by atoms with E-state index in [4.69, 9.17) is 0 Å². The summed E-state index contributed by atoms with van der Waals surface area (Å²) >= 11 is 0. The molecule has 4 nitrogen and oxygen atoms in total. The van der Waals surface area contributed by atoms with Gasteiger partial charge in [0.05, 0.1) is 5.60 Å². The van der Waals surface area contributed by atoms with Crippen molar-refractivity contribution in [2.75, 3.05) is 0 Å². The Balaban J connectivity index is 2.08. The summed E-state index contributed by atoms with van der Waals surface area (Å²) in [5, 5.41) is 14.8. The molecule has 4 heteroatoms. The average Bonchev–Trinajstić information content (AvgIpc) is 2.73. The molecule has 0 aliphatic heterocycles. The van der Waals surface area contributed by atoms with Gasteiger partial charge >= 0.3 is 0 Å². The highest BCUT2D eigenvalue weighted by atomic mass is 16.3. The lowest BCUT2D eigenvalue weighted by atomic mass is 9.88. The number of aromatic nitrogens is 3. The Labute approximate surface area is 103 Å². The van der Waals surface area contributed by atoms with Gasteiger partial charge in [-0.1, -0.05) is 20.8 Å². The molecule has 2 rings (SSSR count). The summed E-state index contributed by atoms with van der Waals surface area (Å²) in [6.07, 6.45) is 6.09. The van der Waals surface area contributed by atoms with Crippen LogP contribution in [0.3, 0.4) is 0 Å². The van der Waals surface area contributed by atoms with Gasteiger partial charge in [-0.15, -0.1) is 0 Å². The first-order valence-electron chi connectivity index (χ1n) is 6.53. The lowest BCUT2D eigenvalue weighted by Gasteiger charge is -2.24. The molecule has 0 aromatic carbocycles. The fourth-order valence-electron chi connectivity index (χ4n) is 2.91. The summed E-state index contributed by atoms with van der Waals surface area (Å²) in [5.74, 6) is 0.923. The van der Waals surface area contributed by atoms with Crippen molar-refractivity contribution in [2.45, 2.75) is 65.0 Å². The molecule has 1 unspecified atom stereocenters. The summed E-state index contributed by atoms with van der Waals surface area (Å²) in [4.78, 5) is 4.28. The van der Waals surface area contributed by atoms with E-state index in [-0.39, 0.29) is 5.41 Å². The first-order chi connectivity index (χ1) is 7.94. The molecule has 0 spiro atoms. The van der Waals surface area contributed by atoms with E-state index in [1.807, 2.05) is 4.68 Å². The standard InChI is InChI=1S/C13H23N3O/c1-4-7-16-11(14-10-15-16)8-13(17)6-5-12(2,3)9-13/h10,17H,4-9H2,1-3H3. The van der Waals surface area contributed by atoms with Gasteiger partial charge in [-0.2, -0.15) is 5.10 Å². The normalized spacial score (nSPS) is 27.5. The fraction of sp³-hybridized carbons (Fsp3) is 0.846. The highest BCUT2D eigenvalue weighted by Gasteiger charge is 2.42. The molecule has 1 aromatic rings. The van der Waals surface area contributed by atoms with Gasteiger partial charge in [0, 0.05) is 13.0 Å². The minimum Gasteiger partial charge on any atom is -0.389 e. The third kappa shape index (κ3) is 2.86. The molecule has 1 atom stereocenters. The van der Waals surface area contributed by atoms with Crippen molar-refractivity contribution >= 4 is 0 Å². The van der Waals surface area contributed by atoms with E-state index in [9.17, 15) is 5.11 Å². The summed E-state index contributed by atoms with van der Waals surface area (Å²) in [7, 11) is 0. The van der Waals surface area contributed by atoms with Crippen LogP contribution < -0.4 is 0 Å². The van der Waals surface area contributed by atoms with Gasteiger partial charge in [0.1, 0.15) is 12.2 Å². The molecule has 1 N–H and O–H groups in total. The van der Waals surface area contributed by atoms with E-state index in [1.165, 1.54) is 0 Å². The molecule has 0 radical (unpaired) electrons. The SMILES string of the molecule is CCCn1ncnc1CC1(O)CCC(C)(C)C1. The predicted molar refractivity (Wildman–Crippen MR) is 66.6 cm³/mol. The van der Waals surface area contributed by atoms with Crippen LogP contribution in [0, 0.1) is 5.41 Å². The number of aliphatic hydroxyl groups is 1. The topological polar surface area (TPSA) is 50.9 Å². The smallest absolute Gasteiger partial charge is 0.138 e. The quantitative estimate of drug-likeness (QED) is 0.873. The maximum Gasteiger partial charge on any atom is 0.138 e. The molecule has 17 heavy (non-hydrogen) atoms. The van der Waals surface area contributed by atoms with Crippen LogP contribution in [0.15, 0.2) is 6.33 Å². The first kappa shape index (κ1) is 12.6. The van der Waals surface area contributed by atoms with Gasteiger partial charge in [-0.3, -0.25) is 4.68 Å². The van der Waals surface area contributed by atoms with Gasteiger partial charge in [0.15, 0.2) is 0 Å². The zero-order valence-electron chi connectivity index (χ0n) is 11.1. The van der Waals surface area contributed by atoms with Crippen LogP contribution in [0.5, 0.6) is 0 Å².